The zero-order valence-electron chi connectivity index (χ0n) is 16.7. The van der Waals surface area contributed by atoms with Gasteiger partial charge in [-0.1, -0.05) is 46.3 Å². The number of nitrogens with zero attached hydrogens (tertiary/aromatic N) is 2. The molecule has 5 nitrogen and oxygen atoms in total. The minimum absolute atomic E-state index is 0. The molecule has 1 saturated heterocycles. The Balaban J connectivity index is 0.00000300. The SMILES string of the molecule is CN=C(NCC1CCN(c2ccc(Br)cc2)C1)NCC(CO)c1ccccc1.I. The van der Waals surface area contributed by atoms with Gasteiger partial charge in [-0.25, -0.2) is 0 Å². The second kappa shape index (κ2) is 12.4. The smallest absolute Gasteiger partial charge is 0.191 e. The number of hydrogen-bond acceptors (Lipinski definition) is 3. The fraction of sp³-hybridized carbons (Fsp3) is 0.409. The number of anilines is 1. The molecule has 1 aliphatic rings. The topological polar surface area (TPSA) is 59.9 Å². The number of halogens is 2. The van der Waals surface area contributed by atoms with E-state index in [0.717, 1.165) is 35.6 Å². The highest BCUT2D eigenvalue weighted by Gasteiger charge is 2.23. The Hall–Kier alpha value is -1.32. The average molecular weight is 573 g/mol. The van der Waals surface area contributed by atoms with Gasteiger partial charge in [0.05, 0.1) is 6.61 Å². The number of aliphatic hydroxyl groups excluding tert-OH is 1. The van der Waals surface area contributed by atoms with Crippen LogP contribution in [0, 0.1) is 5.92 Å². The molecule has 1 aliphatic heterocycles. The number of nitrogens with one attached hydrogen (secondary N) is 2. The highest BCUT2D eigenvalue weighted by molar-refractivity contribution is 14.0. The third-order valence-corrected chi connectivity index (χ3v) is 5.80. The van der Waals surface area contributed by atoms with Gasteiger partial charge in [0.15, 0.2) is 5.96 Å². The summed E-state index contributed by atoms with van der Waals surface area (Å²) >= 11 is 3.50. The molecule has 2 unspecified atom stereocenters. The summed E-state index contributed by atoms with van der Waals surface area (Å²) in [6.45, 7) is 3.78. The largest absolute Gasteiger partial charge is 0.396 e. The standard InChI is InChI=1S/C22H29BrN4O.HI/c1-24-22(26-14-19(16-28)18-5-3-2-4-6-18)25-13-17-11-12-27(15-17)21-9-7-20(23)8-10-21;/h2-10,17,19,28H,11-16H2,1H3,(H2,24,25,26);1H. The lowest BCUT2D eigenvalue weighted by atomic mass is 10.0. The van der Waals surface area contributed by atoms with Crippen molar-refractivity contribution in [2.45, 2.75) is 12.3 Å². The lowest BCUT2D eigenvalue weighted by Gasteiger charge is -2.20. The first-order valence-corrected chi connectivity index (χ1v) is 10.6. The highest BCUT2D eigenvalue weighted by atomic mass is 127. The first kappa shape index (κ1) is 24.0. The van der Waals surface area contributed by atoms with E-state index in [9.17, 15) is 5.11 Å². The van der Waals surface area contributed by atoms with Crippen molar-refractivity contribution in [3.63, 3.8) is 0 Å². The van der Waals surface area contributed by atoms with Gasteiger partial charge in [-0.05, 0) is 42.2 Å². The number of aliphatic hydroxyl groups is 1. The van der Waals surface area contributed by atoms with Crippen LogP contribution in [0.5, 0.6) is 0 Å². The summed E-state index contributed by atoms with van der Waals surface area (Å²) in [4.78, 5) is 6.77. The predicted octanol–water partition coefficient (Wildman–Crippen LogP) is 3.83. The lowest BCUT2D eigenvalue weighted by molar-refractivity contribution is 0.265. The first-order valence-electron chi connectivity index (χ1n) is 9.80. The van der Waals surface area contributed by atoms with Crippen molar-refractivity contribution in [2.24, 2.45) is 10.9 Å². The molecule has 1 fully saturated rings. The van der Waals surface area contributed by atoms with Gasteiger partial charge in [0.1, 0.15) is 0 Å². The van der Waals surface area contributed by atoms with E-state index in [4.69, 9.17) is 0 Å². The zero-order valence-corrected chi connectivity index (χ0v) is 20.6. The maximum Gasteiger partial charge on any atom is 0.191 e. The normalized spacial score (nSPS) is 17.6. The van der Waals surface area contributed by atoms with Crippen LogP contribution in [0.1, 0.15) is 17.9 Å². The van der Waals surface area contributed by atoms with Crippen LogP contribution >= 0.6 is 39.9 Å². The Kier molecular flexibility index (Phi) is 10.2. The van der Waals surface area contributed by atoms with Gasteiger partial charge in [0.25, 0.3) is 0 Å². The molecule has 0 bridgehead atoms. The summed E-state index contributed by atoms with van der Waals surface area (Å²) < 4.78 is 1.11. The highest BCUT2D eigenvalue weighted by Crippen LogP contribution is 2.25. The van der Waals surface area contributed by atoms with Gasteiger partial charge in [0, 0.05) is 49.3 Å². The summed E-state index contributed by atoms with van der Waals surface area (Å²) in [5.74, 6) is 1.43. The molecule has 2 aromatic rings. The molecule has 158 valence electrons. The van der Waals surface area contributed by atoms with Gasteiger partial charge in [-0.2, -0.15) is 0 Å². The molecule has 0 amide bonds. The van der Waals surface area contributed by atoms with Crippen LogP contribution in [0.2, 0.25) is 0 Å². The minimum atomic E-state index is 0. The van der Waals surface area contributed by atoms with Crippen LogP contribution in [0.3, 0.4) is 0 Å². The van der Waals surface area contributed by atoms with Crippen molar-refractivity contribution in [2.75, 3.05) is 44.7 Å². The average Bonchev–Trinajstić information content (AvgIpc) is 3.21. The van der Waals surface area contributed by atoms with Crippen molar-refractivity contribution >= 4 is 51.6 Å². The molecule has 0 aromatic heterocycles. The fourth-order valence-corrected chi connectivity index (χ4v) is 3.84. The maximum absolute atomic E-state index is 9.71. The third-order valence-electron chi connectivity index (χ3n) is 5.27. The molecule has 0 radical (unpaired) electrons. The molecule has 2 atom stereocenters. The van der Waals surface area contributed by atoms with Crippen LogP contribution in [0.4, 0.5) is 5.69 Å². The summed E-state index contributed by atoms with van der Waals surface area (Å²) in [5, 5.41) is 16.5. The van der Waals surface area contributed by atoms with Gasteiger partial charge in [-0.3, -0.25) is 4.99 Å². The van der Waals surface area contributed by atoms with E-state index in [-0.39, 0.29) is 36.5 Å². The fourth-order valence-electron chi connectivity index (χ4n) is 3.58. The maximum atomic E-state index is 9.71. The van der Waals surface area contributed by atoms with E-state index in [1.807, 2.05) is 30.3 Å². The molecular weight excluding hydrogens is 543 g/mol. The number of benzene rings is 2. The molecule has 1 heterocycles. The third kappa shape index (κ3) is 7.15. The van der Waals surface area contributed by atoms with Gasteiger partial charge in [-0.15, -0.1) is 24.0 Å². The first-order chi connectivity index (χ1) is 13.7. The summed E-state index contributed by atoms with van der Waals surface area (Å²) in [7, 11) is 1.79. The number of guanidine groups is 1. The number of rotatable bonds is 7. The number of hydrogen-bond donors (Lipinski definition) is 3. The van der Waals surface area contributed by atoms with E-state index in [0.29, 0.717) is 12.5 Å². The molecule has 0 saturated carbocycles. The molecular formula is C22H30BrIN4O. The molecule has 29 heavy (non-hydrogen) atoms. The van der Waals surface area contributed by atoms with E-state index >= 15 is 0 Å². The van der Waals surface area contributed by atoms with Gasteiger partial charge in [0.2, 0.25) is 0 Å². The second-order valence-corrected chi connectivity index (χ2v) is 8.12. The van der Waals surface area contributed by atoms with E-state index in [1.165, 1.54) is 12.1 Å². The molecule has 2 aromatic carbocycles. The summed E-state index contributed by atoms with van der Waals surface area (Å²) in [6.07, 6.45) is 1.17. The zero-order chi connectivity index (χ0) is 19.8. The molecule has 3 rings (SSSR count). The Morgan fingerprint density at radius 1 is 1.17 bits per heavy atom. The van der Waals surface area contributed by atoms with Crippen LogP contribution in [0.15, 0.2) is 64.1 Å². The van der Waals surface area contributed by atoms with Crippen molar-refractivity contribution in [1.29, 1.82) is 0 Å². The Morgan fingerprint density at radius 3 is 2.55 bits per heavy atom. The quantitative estimate of drug-likeness (QED) is 0.268. The Labute approximate surface area is 199 Å². The van der Waals surface area contributed by atoms with Crippen LogP contribution in [-0.2, 0) is 0 Å². The molecule has 3 N–H and O–H groups in total. The van der Waals surface area contributed by atoms with Gasteiger partial charge >= 0.3 is 0 Å². The minimum Gasteiger partial charge on any atom is -0.396 e. The van der Waals surface area contributed by atoms with E-state index in [1.54, 1.807) is 7.05 Å². The van der Waals surface area contributed by atoms with Crippen molar-refractivity contribution in [1.82, 2.24) is 10.6 Å². The molecule has 0 aliphatic carbocycles. The van der Waals surface area contributed by atoms with Crippen molar-refractivity contribution < 1.29 is 5.11 Å². The molecule has 0 spiro atoms. The molecule has 7 heteroatoms. The van der Waals surface area contributed by atoms with E-state index < -0.39 is 0 Å². The Morgan fingerprint density at radius 2 is 1.90 bits per heavy atom. The lowest BCUT2D eigenvalue weighted by Crippen LogP contribution is -2.42. The predicted molar refractivity (Wildman–Crippen MR) is 136 cm³/mol. The van der Waals surface area contributed by atoms with Crippen LogP contribution in [-0.4, -0.2) is 50.9 Å². The monoisotopic (exact) mass is 572 g/mol. The summed E-state index contributed by atoms with van der Waals surface area (Å²) in [6, 6.07) is 18.6. The second-order valence-electron chi connectivity index (χ2n) is 7.20. The van der Waals surface area contributed by atoms with Crippen molar-refractivity contribution in [3.05, 3.63) is 64.6 Å². The van der Waals surface area contributed by atoms with Crippen LogP contribution < -0.4 is 15.5 Å². The van der Waals surface area contributed by atoms with Crippen molar-refractivity contribution in [3.8, 4) is 0 Å². The van der Waals surface area contributed by atoms with Crippen LogP contribution in [0.25, 0.3) is 0 Å². The summed E-state index contributed by atoms with van der Waals surface area (Å²) in [5.41, 5.74) is 2.41. The Bertz CT molecular complexity index is 757. The van der Waals surface area contributed by atoms with E-state index in [2.05, 4.69) is 60.7 Å². The van der Waals surface area contributed by atoms with Gasteiger partial charge < -0.3 is 20.6 Å². The number of aliphatic imine (C=N–C) groups is 1.